The predicted octanol–water partition coefficient (Wildman–Crippen LogP) is 2.12. The summed E-state index contributed by atoms with van der Waals surface area (Å²) in [7, 11) is -3.72. The molecule has 2 N–H and O–H groups in total. The quantitative estimate of drug-likeness (QED) is 0.600. The predicted molar refractivity (Wildman–Crippen MR) is 93.9 cm³/mol. The van der Waals surface area contributed by atoms with Crippen molar-refractivity contribution in [2.24, 2.45) is 5.14 Å². The van der Waals surface area contributed by atoms with Gasteiger partial charge < -0.3 is 9.47 Å². The lowest BCUT2D eigenvalue weighted by Gasteiger charge is -2.09. The first-order valence-electron chi connectivity index (χ1n) is 7.73. The van der Waals surface area contributed by atoms with Crippen molar-refractivity contribution in [1.82, 2.24) is 0 Å². The summed E-state index contributed by atoms with van der Waals surface area (Å²) in [6.45, 7) is 4.30. The summed E-state index contributed by atoms with van der Waals surface area (Å²) in [5, 5.41) is 5.02. The van der Waals surface area contributed by atoms with E-state index >= 15 is 0 Å². The Balaban J connectivity index is 1.75. The summed E-state index contributed by atoms with van der Waals surface area (Å²) in [6.07, 6.45) is 0.212. The maximum Gasteiger partial charge on any atom is 0.310 e. The number of hydrogen-bond donors (Lipinski definition) is 1. The average molecular weight is 363 g/mol. The summed E-state index contributed by atoms with van der Waals surface area (Å²) in [4.78, 5) is 11.8. The van der Waals surface area contributed by atoms with Crippen LogP contribution >= 0.6 is 0 Å². The number of carbonyl (C=O) groups excluding carboxylic acids is 1. The highest BCUT2D eigenvalue weighted by Gasteiger charge is 2.08. The van der Waals surface area contributed by atoms with Gasteiger partial charge in [-0.3, -0.25) is 4.79 Å². The van der Waals surface area contributed by atoms with E-state index in [0.717, 1.165) is 11.1 Å². The highest BCUT2D eigenvalue weighted by molar-refractivity contribution is 7.89. The molecule has 0 heterocycles. The molecule has 0 amide bonds. The van der Waals surface area contributed by atoms with Gasteiger partial charge in [-0.1, -0.05) is 18.2 Å². The molecule has 0 atom stereocenters. The zero-order valence-electron chi connectivity index (χ0n) is 14.2. The number of aryl methyl sites for hydroxylation is 2. The molecule has 0 aromatic heterocycles. The number of rotatable bonds is 7. The topological polar surface area (TPSA) is 95.7 Å². The van der Waals surface area contributed by atoms with Crippen molar-refractivity contribution in [2.45, 2.75) is 25.2 Å². The van der Waals surface area contributed by atoms with Crippen LogP contribution in [0.5, 0.6) is 5.75 Å². The van der Waals surface area contributed by atoms with E-state index < -0.39 is 10.0 Å². The van der Waals surface area contributed by atoms with E-state index in [2.05, 4.69) is 0 Å². The number of esters is 1. The molecule has 0 spiro atoms. The average Bonchev–Trinajstić information content (AvgIpc) is 2.55. The van der Waals surface area contributed by atoms with E-state index in [0.29, 0.717) is 5.75 Å². The minimum Gasteiger partial charge on any atom is -0.490 e. The lowest BCUT2D eigenvalue weighted by Crippen LogP contribution is -2.14. The summed E-state index contributed by atoms with van der Waals surface area (Å²) in [5.74, 6) is 0.147. The highest BCUT2D eigenvalue weighted by atomic mass is 32.2. The van der Waals surface area contributed by atoms with E-state index in [1.54, 1.807) is 0 Å². The number of ether oxygens (including phenoxy) is 2. The third-order valence-corrected chi connectivity index (χ3v) is 4.62. The molecule has 0 aliphatic heterocycles. The van der Waals surface area contributed by atoms with Gasteiger partial charge in [-0.25, -0.2) is 13.6 Å². The van der Waals surface area contributed by atoms with Gasteiger partial charge >= 0.3 is 5.97 Å². The second kappa shape index (κ2) is 8.13. The molecule has 0 saturated heterocycles. The maximum atomic E-state index is 11.8. The van der Waals surface area contributed by atoms with Crippen LogP contribution in [0.15, 0.2) is 47.4 Å². The molecule has 2 aromatic rings. The Labute approximate surface area is 147 Å². The van der Waals surface area contributed by atoms with Gasteiger partial charge in [0, 0.05) is 0 Å². The van der Waals surface area contributed by atoms with Crippen LogP contribution < -0.4 is 9.88 Å². The minimum atomic E-state index is -3.72. The fourth-order valence-corrected chi connectivity index (χ4v) is 2.69. The number of benzene rings is 2. The number of hydrogen-bond acceptors (Lipinski definition) is 5. The Bertz CT molecular complexity index is 844. The van der Waals surface area contributed by atoms with E-state index in [1.165, 1.54) is 29.8 Å². The Kier molecular flexibility index (Phi) is 6.17. The largest absolute Gasteiger partial charge is 0.490 e. The van der Waals surface area contributed by atoms with Crippen molar-refractivity contribution in [2.75, 3.05) is 13.2 Å². The van der Waals surface area contributed by atoms with Crippen LogP contribution in [0.4, 0.5) is 0 Å². The first-order valence-corrected chi connectivity index (χ1v) is 9.28. The monoisotopic (exact) mass is 363 g/mol. The van der Waals surface area contributed by atoms with Crippen LogP contribution in [0.1, 0.15) is 16.7 Å². The first-order chi connectivity index (χ1) is 11.8. The number of primary sulfonamides is 1. The fourth-order valence-electron chi connectivity index (χ4n) is 2.17. The van der Waals surface area contributed by atoms with Gasteiger partial charge in [-0.2, -0.15) is 0 Å². The van der Waals surface area contributed by atoms with Crippen LogP contribution in [0.25, 0.3) is 0 Å². The zero-order valence-corrected chi connectivity index (χ0v) is 15.0. The molecule has 2 aromatic carbocycles. The van der Waals surface area contributed by atoms with E-state index in [-0.39, 0.29) is 30.5 Å². The second-order valence-corrected chi connectivity index (χ2v) is 7.24. The smallest absolute Gasteiger partial charge is 0.310 e. The van der Waals surface area contributed by atoms with Crippen molar-refractivity contribution >= 4 is 16.0 Å². The van der Waals surface area contributed by atoms with Crippen molar-refractivity contribution in [3.05, 3.63) is 59.2 Å². The molecule has 0 saturated carbocycles. The highest BCUT2D eigenvalue weighted by Crippen LogP contribution is 2.15. The van der Waals surface area contributed by atoms with Crippen molar-refractivity contribution in [3.63, 3.8) is 0 Å². The van der Waals surface area contributed by atoms with Gasteiger partial charge in [0.1, 0.15) is 19.0 Å². The van der Waals surface area contributed by atoms with Crippen LogP contribution in [-0.2, 0) is 26.0 Å². The molecular weight excluding hydrogens is 342 g/mol. The Morgan fingerprint density at radius 3 is 2.28 bits per heavy atom. The van der Waals surface area contributed by atoms with Gasteiger partial charge in [-0.15, -0.1) is 0 Å². The number of nitrogens with two attached hydrogens (primary N) is 1. The molecule has 0 aliphatic carbocycles. The van der Waals surface area contributed by atoms with Crippen LogP contribution in [0.2, 0.25) is 0 Å². The van der Waals surface area contributed by atoms with Crippen LogP contribution in [0.3, 0.4) is 0 Å². The van der Waals surface area contributed by atoms with Crippen LogP contribution in [-0.4, -0.2) is 27.6 Å². The molecule has 0 fully saturated rings. The Morgan fingerprint density at radius 2 is 1.68 bits per heavy atom. The van der Waals surface area contributed by atoms with E-state index in [9.17, 15) is 13.2 Å². The van der Waals surface area contributed by atoms with Crippen molar-refractivity contribution in [3.8, 4) is 5.75 Å². The lowest BCUT2D eigenvalue weighted by atomic mass is 10.0. The molecule has 0 unspecified atom stereocenters. The second-order valence-electron chi connectivity index (χ2n) is 5.68. The van der Waals surface area contributed by atoms with E-state index in [4.69, 9.17) is 14.6 Å². The Hall–Kier alpha value is -2.38. The zero-order chi connectivity index (χ0) is 18.4. The minimum absolute atomic E-state index is 0.0136. The van der Waals surface area contributed by atoms with E-state index in [1.807, 2.05) is 32.0 Å². The maximum absolute atomic E-state index is 11.8. The third kappa shape index (κ3) is 5.88. The van der Waals surface area contributed by atoms with Gasteiger partial charge in [0.15, 0.2) is 0 Å². The molecule has 0 aliphatic rings. The standard InChI is InChI=1S/C18H21NO5S/c1-13-3-4-15(11-14(13)2)12-18(20)24-10-9-23-16-5-7-17(8-6-16)25(19,21)22/h3-8,11H,9-10,12H2,1-2H3,(H2,19,21,22). The Morgan fingerprint density at radius 1 is 1.00 bits per heavy atom. The van der Waals surface area contributed by atoms with Crippen molar-refractivity contribution in [1.29, 1.82) is 0 Å². The molecule has 0 radical (unpaired) electrons. The van der Waals surface area contributed by atoms with Gasteiger partial charge in [0.25, 0.3) is 0 Å². The molecule has 7 heteroatoms. The van der Waals surface area contributed by atoms with Gasteiger partial charge in [0.05, 0.1) is 11.3 Å². The lowest BCUT2D eigenvalue weighted by molar-refractivity contribution is -0.143. The summed E-state index contributed by atoms with van der Waals surface area (Å²) >= 11 is 0. The normalized spacial score (nSPS) is 11.2. The summed E-state index contributed by atoms with van der Waals surface area (Å²) in [6, 6.07) is 11.6. The SMILES string of the molecule is Cc1ccc(CC(=O)OCCOc2ccc(S(N)(=O)=O)cc2)cc1C. The number of carbonyl (C=O) groups is 1. The number of sulfonamides is 1. The van der Waals surface area contributed by atoms with Crippen LogP contribution in [0, 0.1) is 13.8 Å². The van der Waals surface area contributed by atoms with Gasteiger partial charge in [0.2, 0.25) is 10.0 Å². The molecule has 25 heavy (non-hydrogen) atoms. The first kappa shape index (κ1) is 19.0. The van der Waals surface area contributed by atoms with Gasteiger partial charge in [-0.05, 0) is 54.8 Å². The fraction of sp³-hybridized carbons (Fsp3) is 0.278. The molecular formula is C18H21NO5S. The molecule has 2 rings (SSSR count). The molecule has 6 nitrogen and oxygen atoms in total. The third-order valence-electron chi connectivity index (χ3n) is 3.69. The van der Waals surface area contributed by atoms with Crippen molar-refractivity contribution < 1.29 is 22.7 Å². The molecule has 0 bridgehead atoms. The summed E-state index contributed by atoms with van der Waals surface area (Å²) in [5.41, 5.74) is 3.23. The summed E-state index contributed by atoms with van der Waals surface area (Å²) < 4.78 is 32.8. The molecule has 134 valence electrons.